The topological polar surface area (TPSA) is 84.4 Å². The van der Waals surface area contributed by atoms with Crippen molar-refractivity contribution in [3.05, 3.63) is 85.5 Å². The highest BCUT2D eigenvalue weighted by atomic mass is 32.2. The molecular formula is C39H52N4O4S. The number of aliphatic hydroxyl groups excluding tert-OH is 1. The lowest BCUT2D eigenvalue weighted by Crippen LogP contribution is -2.57. The summed E-state index contributed by atoms with van der Waals surface area (Å²) >= 11 is 1.71. The number of amides is 3. The van der Waals surface area contributed by atoms with E-state index in [2.05, 4.69) is 38.8 Å². The molecule has 3 unspecified atom stereocenters. The summed E-state index contributed by atoms with van der Waals surface area (Å²) < 4.78 is -0.719. The van der Waals surface area contributed by atoms with Crippen molar-refractivity contribution in [2.24, 2.45) is 17.8 Å². The van der Waals surface area contributed by atoms with Crippen LogP contribution in [0.1, 0.15) is 52.0 Å². The first kappa shape index (κ1) is 35.7. The number of unbranched alkanes of at least 4 members (excludes halogenated alkanes) is 2. The molecule has 5 rings (SSSR count). The van der Waals surface area contributed by atoms with Gasteiger partial charge in [0, 0.05) is 62.5 Å². The Morgan fingerprint density at radius 3 is 2.25 bits per heavy atom. The average molecular weight is 673 g/mol. The molecule has 48 heavy (non-hydrogen) atoms. The van der Waals surface area contributed by atoms with E-state index in [9.17, 15) is 14.7 Å². The fourth-order valence-electron chi connectivity index (χ4n) is 8.33. The van der Waals surface area contributed by atoms with Gasteiger partial charge in [0.05, 0.1) is 16.6 Å². The van der Waals surface area contributed by atoms with Gasteiger partial charge in [0.25, 0.3) is 5.91 Å². The highest BCUT2D eigenvalue weighted by Crippen LogP contribution is 2.69. The van der Waals surface area contributed by atoms with Crippen molar-refractivity contribution in [3.8, 4) is 0 Å². The molecule has 258 valence electrons. The summed E-state index contributed by atoms with van der Waals surface area (Å²) in [6, 6.07) is 17.3. The zero-order valence-corrected chi connectivity index (χ0v) is 29.6. The standard InChI is InChI=1S/C39H52N4O4S/c1-6-22-41(27-29-16-12-10-13-17-29)36(45)33-32-26-28(5)39(48-32)34(33)37(46)43(24-14-11-15-25-44)35(39)38(47)42(23-7-2)31-20-18-30(19-21-31)40(8-3)9-4/h6-7,10,12-13,16-21,28,32-35,44H,1-2,8-9,11,14-15,22-27H2,3-5H3/t28?,32-,33+,34-,35?,39?/m0/s1. The van der Waals surface area contributed by atoms with Crippen LogP contribution in [0.25, 0.3) is 0 Å². The van der Waals surface area contributed by atoms with Crippen LogP contribution in [0.15, 0.2) is 79.9 Å². The SMILES string of the molecule is C=CCN(Cc1ccccc1)C(=O)[C@@H]1[C@@H]2CC(C)C3(S2)C(C(=O)N(CC=C)c2ccc(N(CC)CC)cc2)N(CCCCCO)C(=O)[C@H]13. The summed E-state index contributed by atoms with van der Waals surface area (Å²) in [5.41, 5.74) is 2.88. The first-order chi connectivity index (χ1) is 23.3. The molecule has 0 saturated carbocycles. The molecule has 3 aliphatic rings. The second-order valence-corrected chi connectivity index (χ2v) is 14.8. The van der Waals surface area contributed by atoms with E-state index in [0.717, 1.165) is 42.9 Å². The Hall–Kier alpha value is -3.56. The summed E-state index contributed by atoms with van der Waals surface area (Å²) in [7, 11) is 0. The first-order valence-corrected chi connectivity index (χ1v) is 18.4. The maximum Gasteiger partial charge on any atom is 0.251 e. The van der Waals surface area contributed by atoms with Crippen LogP contribution >= 0.6 is 11.8 Å². The normalized spacial score (nSPS) is 25.5. The Morgan fingerprint density at radius 2 is 1.62 bits per heavy atom. The van der Waals surface area contributed by atoms with Crippen LogP contribution in [0.2, 0.25) is 0 Å². The van der Waals surface area contributed by atoms with Gasteiger partial charge in [0.2, 0.25) is 11.8 Å². The third-order valence-corrected chi connectivity index (χ3v) is 12.6. The number of likely N-dealkylation sites (tertiary alicyclic amines) is 1. The van der Waals surface area contributed by atoms with Crippen LogP contribution in [0.5, 0.6) is 0 Å². The number of hydrogen-bond donors (Lipinski definition) is 1. The van der Waals surface area contributed by atoms with Crippen molar-refractivity contribution in [2.45, 2.75) is 69.0 Å². The van der Waals surface area contributed by atoms with E-state index in [-0.39, 0.29) is 35.5 Å². The molecule has 6 atom stereocenters. The summed E-state index contributed by atoms with van der Waals surface area (Å²) in [5.74, 6) is -1.28. The average Bonchev–Trinajstić information content (AvgIpc) is 3.69. The Kier molecular flexibility index (Phi) is 11.7. The molecule has 3 heterocycles. The molecule has 2 aromatic rings. The Labute approximate surface area is 290 Å². The number of aliphatic hydroxyl groups is 1. The minimum Gasteiger partial charge on any atom is -0.396 e. The van der Waals surface area contributed by atoms with Gasteiger partial charge in [-0.15, -0.1) is 24.9 Å². The van der Waals surface area contributed by atoms with Crippen LogP contribution in [-0.4, -0.2) is 88.0 Å². The Morgan fingerprint density at radius 1 is 0.958 bits per heavy atom. The van der Waals surface area contributed by atoms with E-state index >= 15 is 4.79 Å². The predicted octanol–water partition coefficient (Wildman–Crippen LogP) is 5.77. The number of thioether (sulfide) groups is 1. The smallest absolute Gasteiger partial charge is 0.251 e. The van der Waals surface area contributed by atoms with Crippen molar-refractivity contribution in [1.82, 2.24) is 9.80 Å². The molecule has 3 saturated heterocycles. The second kappa shape index (κ2) is 15.8. The number of carbonyl (C=O) groups excluding carboxylic acids is 3. The van der Waals surface area contributed by atoms with Gasteiger partial charge in [0.15, 0.2) is 0 Å². The minimum atomic E-state index is -0.719. The second-order valence-electron chi connectivity index (χ2n) is 13.3. The van der Waals surface area contributed by atoms with E-state index in [1.165, 1.54) is 0 Å². The van der Waals surface area contributed by atoms with Gasteiger partial charge >= 0.3 is 0 Å². The Bertz CT molecular complexity index is 1450. The summed E-state index contributed by atoms with van der Waals surface area (Å²) in [4.78, 5) is 52.0. The van der Waals surface area contributed by atoms with Gasteiger partial charge in [0.1, 0.15) is 6.04 Å². The summed E-state index contributed by atoms with van der Waals surface area (Å²) in [5, 5.41) is 9.39. The molecule has 3 amide bonds. The number of anilines is 2. The van der Waals surface area contributed by atoms with E-state index in [1.807, 2.05) is 59.5 Å². The zero-order valence-electron chi connectivity index (χ0n) is 28.8. The summed E-state index contributed by atoms with van der Waals surface area (Å²) in [6.07, 6.45) is 6.33. The molecule has 3 fully saturated rings. The molecular weight excluding hydrogens is 621 g/mol. The third-order valence-electron chi connectivity index (χ3n) is 10.6. The van der Waals surface area contributed by atoms with E-state index in [0.29, 0.717) is 39.0 Å². The lowest BCUT2D eigenvalue weighted by molar-refractivity contribution is -0.144. The van der Waals surface area contributed by atoms with Crippen LogP contribution < -0.4 is 9.80 Å². The largest absolute Gasteiger partial charge is 0.396 e. The molecule has 0 radical (unpaired) electrons. The van der Waals surface area contributed by atoms with Crippen LogP contribution in [0.4, 0.5) is 11.4 Å². The molecule has 1 N–H and O–H groups in total. The number of benzene rings is 2. The fraction of sp³-hybridized carbons (Fsp3) is 0.513. The Balaban J connectivity index is 1.52. The molecule has 1 spiro atoms. The first-order valence-electron chi connectivity index (χ1n) is 17.6. The van der Waals surface area contributed by atoms with Gasteiger partial charge in [-0.3, -0.25) is 14.4 Å². The maximum atomic E-state index is 15.0. The van der Waals surface area contributed by atoms with Crippen molar-refractivity contribution in [3.63, 3.8) is 0 Å². The summed E-state index contributed by atoms with van der Waals surface area (Å²) in [6.45, 7) is 17.7. The monoisotopic (exact) mass is 672 g/mol. The number of rotatable bonds is 17. The van der Waals surface area contributed by atoms with Gasteiger partial charge in [-0.05, 0) is 75.3 Å². The van der Waals surface area contributed by atoms with Crippen molar-refractivity contribution >= 4 is 40.9 Å². The van der Waals surface area contributed by atoms with Gasteiger partial charge in [-0.25, -0.2) is 0 Å². The van der Waals surface area contributed by atoms with Crippen molar-refractivity contribution in [1.29, 1.82) is 0 Å². The van der Waals surface area contributed by atoms with Crippen molar-refractivity contribution in [2.75, 3.05) is 49.1 Å². The van der Waals surface area contributed by atoms with E-state index in [4.69, 9.17) is 0 Å². The minimum absolute atomic E-state index is 0.0355. The molecule has 2 aromatic carbocycles. The third kappa shape index (κ3) is 6.56. The number of fused-ring (bicyclic) bond motifs is 1. The lowest BCUT2D eigenvalue weighted by Gasteiger charge is -2.41. The molecule has 8 nitrogen and oxygen atoms in total. The highest BCUT2D eigenvalue weighted by molar-refractivity contribution is 8.02. The zero-order chi connectivity index (χ0) is 34.4. The number of nitrogens with zero attached hydrogens (tertiary/aromatic N) is 4. The number of carbonyl (C=O) groups is 3. The maximum absolute atomic E-state index is 15.0. The molecule has 9 heteroatoms. The molecule has 2 bridgehead atoms. The molecule has 0 aliphatic carbocycles. The molecule has 3 aliphatic heterocycles. The highest BCUT2D eigenvalue weighted by Gasteiger charge is 2.76. The van der Waals surface area contributed by atoms with Gasteiger partial charge in [-0.2, -0.15) is 0 Å². The predicted molar refractivity (Wildman–Crippen MR) is 196 cm³/mol. The van der Waals surface area contributed by atoms with Gasteiger partial charge < -0.3 is 24.7 Å². The fourth-order valence-corrected chi connectivity index (χ4v) is 10.7. The quantitative estimate of drug-likeness (QED) is 0.170. The molecule has 0 aromatic heterocycles. The van der Waals surface area contributed by atoms with E-state index < -0.39 is 22.6 Å². The van der Waals surface area contributed by atoms with Crippen LogP contribution in [-0.2, 0) is 20.9 Å². The van der Waals surface area contributed by atoms with Crippen LogP contribution in [0, 0.1) is 17.8 Å². The van der Waals surface area contributed by atoms with Crippen molar-refractivity contribution < 1.29 is 19.5 Å². The lowest BCUT2D eigenvalue weighted by atomic mass is 9.65. The van der Waals surface area contributed by atoms with E-state index in [1.54, 1.807) is 33.7 Å². The number of hydrogen-bond acceptors (Lipinski definition) is 6. The van der Waals surface area contributed by atoms with Crippen LogP contribution in [0.3, 0.4) is 0 Å². The van der Waals surface area contributed by atoms with Gasteiger partial charge in [-0.1, -0.05) is 49.4 Å².